The summed E-state index contributed by atoms with van der Waals surface area (Å²) in [5.41, 5.74) is 1.07. The van der Waals surface area contributed by atoms with Crippen molar-refractivity contribution in [2.45, 2.75) is 25.5 Å². The van der Waals surface area contributed by atoms with E-state index in [0.717, 1.165) is 16.9 Å². The summed E-state index contributed by atoms with van der Waals surface area (Å²) >= 11 is 1.75. The second-order valence-electron chi connectivity index (χ2n) is 5.18. The predicted octanol–water partition coefficient (Wildman–Crippen LogP) is 2.17. The maximum Gasteiger partial charge on any atom is 0.0954 e. The number of methoxy groups -OCH3 is 1. The summed E-state index contributed by atoms with van der Waals surface area (Å²) in [6, 6.07) is 8.55. The second kappa shape index (κ2) is 7.13. The van der Waals surface area contributed by atoms with Gasteiger partial charge in [0.15, 0.2) is 0 Å². The standard InChI is InChI=1S/C15H22N2O2S/c1-11(17(2)9-12(18)10-19-3)8-15-16-13-6-4-5-7-14(13)20-15/h4-7,11-12,18H,8-10H2,1-3H3. The molecule has 0 aliphatic heterocycles. The maximum atomic E-state index is 9.77. The number of aliphatic hydroxyl groups is 1. The molecule has 0 bridgehead atoms. The van der Waals surface area contributed by atoms with E-state index in [0.29, 0.717) is 19.2 Å². The number of fused-ring (bicyclic) bond motifs is 1. The van der Waals surface area contributed by atoms with Crippen LogP contribution >= 0.6 is 11.3 Å². The molecule has 2 rings (SSSR count). The summed E-state index contributed by atoms with van der Waals surface area (Å²) in [5, 5.41) is 10.9. The number of hydrogen-bond acceptors (Lipinski definition) is 5. The number of ether oxygens (including phenoxy) is 1. The lowest BCUT2D eigenvalue weighted by atomic mass is 10.2. The molecule has 0 spiro atoms. The zero-order valence-electron chi connectivity index (χ0n) is 12.2. The number of thiazole rings is 1. The summed E-state index contributed by atoms with van der Waals surface area (Å²) in [4.78, 5) is 6.80. The quantitative estimate of drug-likeness (QED) is 0.850. The molecule has 5 heteroatoms. The number of aromatic nitrogens is 1. The summed E-state index contributed by atoms with van der Waals surface area (Å²) in [6.45, 7) is 3.14. The highest BCUT2D eigenvalue weighted by molar-refractivity contribution is 7.18. The van der Waals surface area contributed by atoms with Crippen molar-refractivity contribution in [1.82, 2.24) is 9.88 Å². The number of para-hydroxylation sites is 1. The van der Waals surface area contributed by atoms with Crippen molar-refractivity contribution in [2.24, 2.45) is 0 Å². The first-order chi connectivity index (χ1) is 9.60. The van der Waals surface area contributed by atoms with Crippen molar-refractivity contribution < 1.29 is 9.84 Å². The van der Waals surface area contributed by atoms with Crippen molar-refractivity contribution in [3.8, 4) is 0 Å². The van der Waals surface area contributed by atoms with E-state index in [1.54, 1.807) is 18.4 Å². The van der Waals surface area contributed by atoms with E-state index in [2.05, 4.69) is 22.9 Å². The number of likely N-dealkylation sites (N-methyl/N-ethyl adjacent to an activating group) is 1. The van der Waals surface area contributed by atoms with Gasteiger partial charge in [-0.1, -0.05) is 12.1 Å². The van der Waals surface area contributed by atoms with E-state index in [-0.39, 0.29) is 0 Å². The topological polar surface area (TPSA) is 45.6 Å². The third kappa shape index (κ3) is 3.99. The second-order valence-corrected chi connectivity index (χ2v) is 6.29. The molecular formula is C15H22N2O2S. The third-order valence-electron chi connectivity index (χ3n) is 3.42. The third-order valence-corrected chi connectivity index (χ3v) is 4.48. The normalized spacial score (nSPS) is 14.8. The van der Waals surface area contributed by atoms with E-state index in [1.807, 2.05) is 25.2 Å². The van der Waals surface area contributed by atoms with Gasteiger partial charge in [-0.25, -0.2) is 4.98 Å². The molecule has 1 aromatic heterocycles. The number of hydrogen-bond donors (Lipinski definition) is 1. The molecule has 2 aromatic rings. The highest BCUT2D eigenvalue weighted by Gasteiger charge is 2.16. The molecule has 0 radical (unpaired) electrons. The zero-order valence-corrected chi connectivity index (χ0v) is 13.1. The summed E-state index contributed by atoms with van der Waals surface area (Å²) in [7, 11) is 3.63. The molecule has 20 heavy (non-hydrogen) atoms. The van der Waals surface area contributed by atoms with Gasteiger partial charge in [0, 0.05) is 26.1 Å². The Labute approximate surface area is 124 Å². The summed E-state index contributed by atoms with van der Waals surface area (Å²) in [5.74, 6) is 0. The number of rotatable bonds is 7. The Hall–Kier alpha value is -1.01. The smallest absolute Gasteiger partial charge is 0.0954 e. The van der Waals surface area contributed by atoms with Crippen LogP contribution in [0, 0.1) is 0 Å². The van der Waals surface area contributed by atoms with Crippen LogP contribution in [0.5, 0.6) is 0 Å². The highest BCUT2D eigenvalue weighted by Crippen LogP contribution is 2.23. The largest absolute Gasteiger partial charge is 0.389 e. The summed E-state index contributed by atoms with van der Waals surface area (Å²) < 4.78 is 6.19. The molecular weight excluding hydrogens is 272 g/mol. The van der Waals surface area contributed by atoms with Crippen LogP contribution in [0.25, 0.3) is 10.2 Å². The minimum atomic E-state index is -0.442. The Morgan fingerprint density at radius 1 is 1.40 bits per heavy atom. The van der Waals surface area contributed by atoms with Crippen LogP contribution in [0.15, 0.2) is 24.3 Å². The molecule has 0 aliphatic rings. The Morgan fingerprint density at radius 3 is 2.85 bits per heavy atom. The van der Waals surface area contributed by atoms with Gasteiger partial charge in [0.2, 0.25) is 0 Å². The maximum absolute atomic E-state index is 9.77. The van der Waals surface area contributed by atoms with Gasteiger partial charge in [0.05, 0.1) is 27.9 Å². The van der Waals surface area contributed by atoms with Gasteiger partial charge >= 0.3 is 0 Å². The molecule has 4 nitrogen and oxygen atoms in total. The molecule has 0 fully saturated rings. The predicted molar refractivity (Wildman–Crippen MR) is 83.3 cm³/mol. The van der Waals surface area contributed by atoms with Crippen LogP contribution in [-0.2, 0) is 11.2 Å². The molecule has 2 atom stereocenters. The Morgan fingerprint density at radius 2 is 2.15 bits per heavy atom. The van der Waals surface area contributed by atoms with Gasteiger partial charge in [0.1, 0.15) is 0 Å². The van der Waals surface area contributed by atoms with Crippen LogP contribution in [0.4, 0.5) is 0 Å². The lowest BCUT2D eigenvalue weighted by molar-refractivity contribution is 0.0359. The van der Waals surface area contributed by atoms with Crippen molar-refractivity contribution in [2.75, 3.05) is 27.3 Å². The number of aliphatic hydroxyl groups excluding tert-OH is 1. The minimum Gasteiger partial charge on any atom is -0.389 e. The van der Waals surface area contributed by atoms with Crippen molar-refractivity contribution in [3.05, 3.63) is 29.3 Å². The molecule has 2 unspecified atom stereocenters. The van der Waals surface area contributed by atoms with Crippen LogP contribution in [-0.4, -0.2) is 54.4 Å². The molecule has 0 aliphatic carbocycles. The molecule has 0 amide bonds. The Bertz CT molecular complexity index is 510. The Kier molecular flexibility index (Phi) is 5.48. The first-order valence-electron chi connectivity index (χ1n) is 6.82. The van der Waals surface area contributed by atoms with Gasteiger partial charge < -0.3 is 14.7 Å². The molecule has 1 N–H and O–H groups in total. The number of nitrogens with zero attached hydrogens (tertiary/aromatic N) is 2. The van der Waals surface area contributed by atoms with Gasteiger partial charge in [-0.15, -0.1) is 11.3 Å². The molecule has 110 valence electrons. The van der Waals surface area contributed by atoms with Crippen molar-refractivity contribution in [1.29, 1.82) is 0 Å². The van der Waals surface area contributed by atoms with Crippen molar-refractivity contribution in [3.63, 3.8) is 0 Å². The van der Waals surface area contributed by atoms with Crippen LogP contribution in [0.1, 0.15) is 11.9 Å². The average molecular weight is 294 g/mol. The Balaban J connectivity index is 1.94. The van der Waals surface area contributed by atoms with Crippen molar-refractivity contribution >= 4 is 21.6 Å². The van der Waals surface area contributed by atoms with E-state index >= 15 is 0 Å². The zero-order chi connectivity index (χ0) is 14.5. The van der Waals surface area contributed by atoms with E-state index in [9.17, 15) is 5.11 Å². The molecule has 0 saturated carbocycles. The molecule has 1 aromatic carbocycles. The lowest BCUT2D eigenvalue weighted by Crippen LogP contribution is -2.38. The fourth-order valence-corrected chi connectivity index (χ4v) is 3.26. The van der Waals surface area contributed by atoms with E-state index in [4.69, 9.17) is 4.74 Å². The SMILES string of the molecule is COCC(O)CN(C)C(C)Cc1nc2ccccc2s1. The lowest BCUT2D eigenvalue weighted by Gasteiger charge is -2.26. The highest BCUT2D eigenvalue weighted by atomic mass is 32.1. The average Bonchev–Trinajstić information content (AvgIpc) is 2.80. The van der Waals surface area contributed by atoms with Gasteiger partial charge in [0.25, 0.3) is 0 Å². The summed E-state index contributed by atoms with van der Waals surface area (Å²) in [6.07, 6.45) is 0.457. The van der Waals surface area contributed by atoms with Gasteiger partial charge in [-0.05, 0) is 26.1 Å². The number of benzene rings is 1. The fourth-order valence-electron chi connectivity index (χ4n) is 2.17. The first-order valence-corrected chi connectivity index (χ1v) is 7.63. The monoisotopic (exact) mass is 294 g/mol. The van der Waals surface area contributed by atoms with Crippen LogP contribution < -0.4 is 0 Å². The van der Waals surface area contributed by atoms with Gasteiger partial charge in [-0.2, -0.15) is 0 Å². The van der Waals surface area contributed by atoms with E-state index in [1.165, 1.54) is 4.70 Å². The fraction of sp³-hybridized carbons (Fsp3) is 0.533. The molecule has 0 saturated heterocycles. The minimum absolute atomic E-state index is 0.335. The van der Waals surface area contributed by atoms with Gasteiger partial charge in [-0.3, -0.25) is 0 Å². The molecule has 1 heterocycles. The van der Waals surface area contributed by atoms with Crippen LogP contribution in [0.2, 0.25) is 0 Å². The first kappa shape index (κ1) is 15.4. The van der Waals surface area contributed by atoms with E-state index < -0.39 is 6.10 Å². The van der Waals surface area contributed by atoms with Crippen LogP contribution in [0.3, 0.4) is 0 Å².